The molecule has 0 saturated carbocycles. The fourth-order valence-electron chi connectivity index (χ4n) is 3.50. The average Bonchev–Trinajstić information content (AvgIpc) is 3.34. The number of ether oxygens (including phenoxy) is 1. The fourth-order valence-corrected chi connectivity index (χ4v) is 4.41. The van der Waals surface area contributed by atoms with Gasteiger partial charge in [-0.1, -0.05) is 75.6 Å². The third-order valence-corrected chi connectivity index (χ3v) is 6.42. The number of hydrogen-bond acceptors (Lipinski definition) is 5. The van der Waals surface area contributed by atoms with E-state index in [-0.39, 0.29) is 5.56 Å². The van der Waals surface area contributed by atoms with Gasteiger partial charge in [0.05, 0.1) is 11.1 Å². The Kier molecular flexibility index (Phi) is 7.00. The van der Waals surface area contributed by atoms with Gasteiger partial charge in [0, 0.05) is 5.56 Å². The maximum Gasteiger partial charge on any atom is 0.291 e. The van der Waals surface area contributed by atoms with Crippen LogP contribution in [0.15, 0.2) is 53.3 Å². The van der Waals surface area contributed by atoms with E-state index < -0.39 is 0 Å². The van der Waals surface area contributed by atoms with Gasteiger partial charge in [-0.25, -0.2) is 0 Å². The van der Waals surface area contributed by atoms with Crippen molar-refractivity contribution < 1.29 is 4.74 Å². The number of nitrogens with zero attached hydrogens (tertiary/aromatic N) is 3. The van der Waals surface area contributed by atoms with E-state index in [1.54, 1.807) is 0 Å². The van der Waals surface area contributed by atoms with Crippen molar-refractivity contribution in [2.75, 3.05) is 6.61 Å². The minimum Gasteiger partial charge on any atom is -0.494 e. The predicted molar refractivity (Wildman–Crippen MR) is 132 cm³/mol. The van der Waals surface area contributed by atoms with Gasteiger partial charge in [-0.3, -0.25) is 4.79 Å². The Balaban J connectivity index is 1.49. The van der Waals surface area contributed by atoms with Gasteiger partial charge in [-0.15, -0.1) is 5.10 Å². The summed E-state index contributed by atoms with van der Waals surface area (Å²) >= 11 is 1.36. The maximum absolute atomic E-state index is 12.8. The highest BCUT2D eigenvalue weighted by Crippen LogP contribution is 2.21. The molecule has 2 aromatic carbocycles. The lowest BCUT2D eigenvalue weighted by Crippen LogP contribution is -2.23. The second-order valence-corrected chi connectivity index (χ2v) is 9.31. The van der Waals surface area contributed by atoms with E-state index in [0.29, 0.717) is 21.2 Å². The van der Waals surface area contributed by atoms with Gasteiger partial charge in [0.2, 0.25) is 4.96 Å². The van der Waals surface area contributed by atoms with Gasteiger partial charge in [0.15, 0.2) is 5.82 Å². The van der Waals surface area contributed by atoms with Crippen LogP contribution < -0.4 is 14.8 Å². The standard InChI is InChI=1S/C26H29N3O2S/c1-4-5-6-7-16-31-22-14-12-21(13-15-22)24-27-26-29(28-24)25(30)23(32-26)17-19-8-10-20(11-9-19)18(2)3/h8-15,17-18H,4-7,16H2,1-3H3/b23-17-. The molecule has 0 fully saturated rings. The summed E-state index contributed by atoms with van der Waals surface area (Å²) in [6.45, 7) is 7.27. The summed E-state index contributed by atoms with van der Waals surface area (Å²) < 4.78 is 7.83. The smallest absolute Gasteiger partial charge is 0.291 e. The third-order valence-electron chi connectivity index (χ3n) is 5.46. The summed E-state index contributed by atoms with van der Waals surface area (Å²) in [5.74, 6) is 1.88. The Hall–Kier alpha value is -2.99. The molecule has 0 amide bonds. The SMILES string of the molecule is CCCCCCOc1ccc(-c2nc3s/c(=C\c4ccc(C(C)C)cc4)c(=O)n3n2)cc1. The quantitative estimate of drug-likeness (QED) is 0.320. The Labute approximate surface area is 192 Å². The molecular weight excluding hydrogens is 418 g/mol. The number of aromatic nitrogens is 3. The third kappa shape index (κ3) is 5.07. The molecule has 0 atom stereocenters. The van der Waals surface area contributed by atoms with E-state index in [2.05, 4.69) is 43.0 Å². The van der Waals surface area contributed by atoms with Crippen molar-refractivity contribution in [1.82, 2.24) is 14.6 Å². The largest absolute Gasteiger partial charge is 0.494 e. The first kappa shape index (κ1) is 22.2. The molecule has 32 heavy (non-hydrogen) atoms. The van der Waals surface area contributed by atoms with Gasteiger partial charge in [0.25, 0.3) is 5.56 Å². The van der Waals surface area contributed by atoms with E-state index >= 15 is 0 Å². The summed E-state index contributed by atoms with van der Waals surface area (Å²) in [6, 6.07) is 16.0. The molecule has 4 aromatic rings. The Morgan fingerprint density at radius 3 is 2.44 bits per heavy atom. The zero-order chi connectivity index (χ0) is 22.5. The van der Waals surface area contributed by atoms with Gasteiger partial charge in [-0.2, -0.15) is 9.50 Å². The van der Waals surface area contributed by atoms with Crippen molar-refractivity contribution in [3.05, 3.63) is 74.5 Å². The Morgan fingerprint density at radius 1 is 1.03 bits per heavy atom. The van der Waals surface area contributed by atoms with Crippen molar-refractivity contribution in [2.24, 2.45) is 0 Å². The van der Waals surface area contributed by atoms with Gasteiger partial charge in [-0.05, 0) is 53.8 Å². The van der Waals surface area contributed by atoms with Crippen LogP contribution in [0.2, 0.25) is 0 Å². The molecule has 0 N–H and O–H groups in total. The van der Waals surface area contributed by atoms with E-state index in [1.807, 2.05) is 42.5 Å². The highest BCUT2D eigenvalue weighted by Gasteiger charge is 2.12. The summed E-state index contributed by atoms with van der Waals surface area (Å²) in [5.41, 5.74) is 3.02. The first-order valence-corrected chi connectivity index (χ1v) is 12.1. The van der Waals surface area contributed by atoms with Crippen LogP contribution in [0.1, 0.15) is 63.5 Å². The van der Waals surface area contributed by atoms with Crippen LogP contribution in [0.25, 0.3) is 22.4 Å². The number of benzene rings is 2. The molecule has 0 saturated heterocycles. The summed E-state index contributed by atoms with van der Waals surface area (Å²) in [5, 5.41) is 4.45. The molecule has 0 aliphatic heterocycles. The first-order valence-electron chi connectivity index (χ1n) is 11.3. The number of thiazole rings is 1. The van der Waals surface area contributed by atoms with Crippen LogP contribution in [0.4, 0.5) is 0 Å². The van der Waals surface area contributed by atoms with Crippen LogP contribution in [0, 0.1) is 0 Å². The van der Waals surface area contributed by atoms with Crippen LogP contribution in [0.3, 0.4) is 0 Å². The summed E-state index contributed by atoms with van der Waals surface area (Å²) in [6.07, 6.45) is 6.64. The molecule has 0 aliphatic carbocycles. The molecule has 0 unspecified atom stereocenters. The number of unbranched alkanes of at least 4 members (excludes halogenated alkanes) is 3. The van der Waals surface area contributed by atoms with Crippen molar-refractivity contribution in [3.63, 3.8) is 0 Å². The molecule has 2 heterocycles. The monoisotopic (exact) mass is 447 g/mol. The molecule has 0 radical (unpaired) electrons. The van der Waals surface area contributed by atoms with Crippen molar-refractivity contribution in [2.45, 2.75) is 52.4 Å². The minimum absolute atomic E-state index is 0.135. The number of fused-ring (bicyclic) bond motifs is 1. The minimum atomic E-state index is -0.135. The van der Waals surface area contributed by atoms with E-state index in [0.717, 1.165) is 29.9 Å². The van der Waals surface area contributed by atoms with Crippen molar-refractivity contribution >= 4 is 22.4 Å². The van der Waals surface area contributed by atoms with Crippen LogP contribution >= 0.6 is 11.3 Å². The molecule has 166 valence electrons. The van der Waals surface area contributed by atoms with Crippen molar-refractivity contribution in [1.29, 1.82) is 0 Å². The zero-order valence-electron chi connectivity index (χ0n) is 18.9. The zero-order valence-corrected chi connectivity index (χ0v) is 19.7. The van der Waals surface area contributed by atoms with Crippen LogP contribution in [0.5, 0.6) is 5.75 Å². The molecule has 0 aliphatic rings. The van der Waals surface area contributed by atoms with Gasteiger partial charge in [0.1, 0.15) is 5.75 Å². The molecule has 4 rings (SSSR count). The molecular formula is C26H29N3O2S. The van der Waals surface area contributed by atoms with Gasteiger partial charge < -0.3 is 4.74 Å². The lowest BCUT2D eigenvalue weighted by molar-refractivity contribution is 0.305. The summed E-state index contributed by atoms with van der Waals surface area (Å²) in [7, 11) is 0. The average molecular weight is 448 g/mol. The highest BCUT2D eigenvalue weighted by atomic mass is 32.1. The second kappa shape index (κ2) is 10.1. The topological polar surface area (TPSA) is 56.5 Å². The molecule has 0 bridgehead atoms. The molecule has 5 nitrogen and oxygen atoms in total. The Morgan fingerprint density at radius 2 is 1.78 bits per heavy atom. The first-order chi connectivity index (χ1) is 15.5. The lowest BCUT2D eigenvalue weighted by atomic mass is 10.0. The summed E-state index contributed by atoms with van der Waals surface area (Å²) in [4.78, 5) is 18.0. The Bertz CT molecular complexity index is 1270. The van der Waals surface area contributed by atoms with E-state index in [4.69, 9.17) is 4.74 Å². The molecule has 6 heteroatoms. The van der Waals surface area contributed by atoms with E-state index in [1.165, 1.54) is 40.7 Å². The molecule has 2 aromatic heterocycles. The fraction of sp³-hybridized carbons (Fsp3) is 0.346. The second-order valence-electron chi connectivity index (χ2n) is 8.30. The molecule has 0 spiro atoms. The van der Waals surface area contributed by atoms with Crippen LogP contribution in [-0.4, -0.2) is 21.2 Å². The number of hydrogen-bond donors (Lipinski definition) is 0. The van der Waals surface area contributed by atoms with Gasteiger partial charge >= 0.3 is 0 Å². The highest BCUT2D eigenvalue weighted by molar-refractivity contribution is 7.15. The van der Waals surface area contributed by atoms with E-state index in [9.17, 15) is 4.79 Å². The normalized spacial score (nSPS) is 12.2. The van der Waals surface area contributed by atoms with Crippen LogP contribution in [-0.2, 0) is 0 Å². The van der Waals surface area contributed by atoms with Crippen molar-refractivity contribution in [3.8, 4) is 17.1 Å². The number of rotatable bonds is 9. The predicted octanol–water partition coefficient (Wildman–Crippen LogP) is 5.45. The maximum atomic E-state index is 12.8. The lowest BCUT2D eigenvalue weighted by Gasteiger charge is -2.06.